The molecule has 0 heterocycles. The Hall–Kier alpha value is -3.29. The van der Waals surface area contributed by atoms with Gasteiger partial charge in [0.05, 0.1) is 16.1 Å². The number of halogens is 1. The summed E-state index contributed by atoms with van der Waals surface area (Å²) < 4.78 is 13.3. The maximum Gasteiger partial charge on any atom is 0.338 e. The van der Waals surface area contributed by atoms with Crippen LogP contribution in [0.15, 0.2) is 42.5 Å². The number of aryl methyl sites for hydroxylation is 1. The summed E-state index contributed by atoms with van der Waals surface area (Å²) in [4.78, 5) is 30.6. The molecule has 0 saturated carbocycles. The van der Waals surface area contributed by atoms with Gasteiger partial charge in [-0.2, -0.15) is 0 Å². The van der Waals surface area contributed by atoms with Gasteiger partial charge in [0.2, 0.25) is 0 Å². The fourth-order valence-corrected chi connectivity index (χ4v) is 1.65. The Morgan fingerprint density at radius 1 is 1.04 bits per heavy atom. The van der Waals surface area contributed by atoms with Gasteiger partial charge < -0.3 is 10.2 Å². The van der Waals surface area contributed by atoms with Crippen LogP contribution in [-0.2, 0) is 0 Å². The SMILES string of the molecule is Cc1ccc(C(=O)O)c(F)c1C(=O)O.O=[N+]([O-])c1ccccc1. The first kappa shape index (κ1) is 17.8. The number of hydrogen-bond donors (Lipinski definition) is 2. The Bertz CT molecular complexity index is 745. The van der Waals surface area contributed by atoms with E-state index in [0.717, 1.165) is 6.07 Å². The van der Waals surface area contributed by atoms with Gasteiger partial charge in [0, 0.05) is 12.1 Å². The van der Waals surface area contributed by atoms with E-state index in [9.17, 15) is 24.1 Å². The minimum absolute atomic E-state index is 0.137. The number of carboxylic acid groups (broad SMARTS) is 2. The summed E-state index contributed by atoms with van der Waals surface area (Å²) in [6.45, 7) is 1.40. The van der Waals surface area contributed by atoms with Crippen LogP contribution in [0.2, 0.25) is 0 Å². The standard InChI is InChI=1S/C9H7FO4.C6H5NO2/c1-4-2-3-5(8(11)12)7(10)6(4)9(13)14;8-7(9)6-4-2-1-3-5-6/h2-3H,1H3,(H,11,12)(H,13,14);1-5H. The number of benzene rings is 2. The molecule has 0 bridgehead atoms. The number of carboxylic acids is 2. The van der Waals surface area contributed by atoms with E-state index in [1.165, 1.54) is 25.1 Å². The smallest absolute Gasteiger partial charge is 0.338 e. The molecule has 23 heavy (non-hydrogen) atoms. The zero-order chi connectivity index (χ0) is 17.6. The van der Waals surface area contributed by atoms with Crippen molar-refractivity contribution in [3.63, 3.8) is 0 Å². The number of hydrogen-bond acceptors (Lipinski definition) is 4. The van der Waals surface area contributed by atoms with Crippen LogP contribution in [-0.4, -0.2) is 27.1 Å². The molecule has 2 aromatic carbocycles. The highest BCUT2D eigenvalue weighted by Gasteiger charge is 2.20. The van der Waals surface area contributed by atoms with Crippen LogP contribution in [0.4, 0.5) is 10.1 Å². The number of carbonyl (C=O) groups is 2. The lowest BCUT2D eigenvalue weighted by Gasteiger charge is -2.04. The molecule has 0 radical (unpaired) electrons. The van der Waals surface area contributed by atoms with E-state index in [2.05, 4.69) is 0 Å². The number of para-hydroxylation sites is 1. The van der Waals surface area contributed by atoms with Crippen LogP contribution in [0, 0.1) is 22.9 Å². The molecular weight excluding hydrogens is 309 g/mol. The van der Waals surface area contributed by atoms with E-state index < -0.39 is 33.8 Å². The minimum atomic E-state index is -1.48. The van der Waals surface area contributed by atoms with E-state index in [0.29, 0.717) is 0 Å². The first-order valence-corrected chi connectivity index (χ1v) is 6.20. The average Bonchev–Trinajstić information content (AvgIpc) is 2.48. The molecule has 0 aromatic heterocycles. The second-order valence-corrected chi connectivity index (χ2v) is 4.32. The van der Waals surface area contributed by atoms with Crippen molar-refractivity contribution in [3.8, 4) is 0 Å². The molecule has 2 rings (SSSR count). The van der Waals surface area contributed by atoms with Crippen molar-refractivity contribution in [3.05, 3.63) is 75.1 Å². The maximum atomic E-state index is 13.3. The molecule has 0 atom stereocenters. The average molecular weight is 321 g/mol. The van der Waals surface area contributed by atoms with Gasteiger partial charge in [0.1, 0.15) is 0 Å². The highest BCUT2D eigenvalue weighted by atomic mass is 19.1. The first-order chi connectivity index (χ1) is 10.8. The van der Waals surface area contributed by atoms with Gasteiger partial charge >= 0.3 is 11.9 Å². The highest BCUT2D eigenvalue weighted by Crippen LogP contribution is 2.17. The summed E-state index contributed by atoms with van der Waals surface area (Å²) in [7, 11) is 0. The highest BCUT2D eigenvalue weighted by molar-refractivity contribution is 5.95. The number of non-ortho nitro benzene ring substituents is 1. The molecule has 0 saturated heterocycles. The van der Waals surface area contributed by atoms with Crippen LogP contribution < -0.4 is 0 Å². The number of aromatic carboxylic acids is 2. The third kappa shape index (κ3) is 4.60. The second kappa shape index (κ2) is 7.64. The van der Waals surface area contributed by atoms with Crippen molar-refractivity contribution in [1.29, 1.82) is 0 Å². The monoisotopic (exact) mass is 321 g/mol. The van der Waals surface area contributed by atoms with Gasteiger partial charge in [-0.25, -0.2) is 14.0 Å². The van der Waals surface area contributed by atoms with Gasteiger partial charge in [-0.15, -0.1) is 0 Å². The topological polar surface area (TPSA) is 118 Å². The molecule has 0 aliphatic carbocycles. The molecule has 0 unspecified atom stereocenters. The number of rotatable bonds is 3. The van der Waals surface area contributed by atoms with Crippen molar-refractivity contribution in [2.24, 2.45) is 0 Å². The predicted octanol–water partition coefficient (Wildman–Crippen LogP) is 3.13. The first-order valence-electron chi connectivity index (χ1n) is 6.20. The Morgan fingerprint density at radius 3 is 2.00 bits per heavy atom. The van der Waals surface area contributed by atoms with E-state index in [4.69, 9.17) is 10.2 Å². The molecular formula is C15H12FNO6. The number of nitro groups is 1. The van der Waals surface area contributed by atoms with Gasteiger partial charge in [-0.1, -0.05) is 24.3 Å². The summed E-state index contributed by atoms with van der Waals surface area (Å²) in [5.41, 5.74) is -0.893. The number of nitro benzene ring substituents is 1. The summed E-state index contributed by atoms with van der Waals surface area (Å²) >= 11 is 0. The predicted molar refractivity (Wildman–Crippen MR) is 78.2 cm³/mol. The zero-order valence-electron chi connectivity index (χ0n) is 11.9. The Kier molecular flexibility index (Phi) is 5.90. The van der Waals surface area contributed by atoms with E-state index in [-0.39, 0.29) is 11.3 Å². The summed E-state index contributed by atoms with van der Waals surface area (Å²) in [6.07, 6.45) is 0. The van der Waals surface area contributed by atoms with Gasteiger partial charge in [-0.05, 0) is 18.6 Å². The van der Waals surface area contributed by atoms with Crippen molar-refractivity contribution in [2.75, 3.05) is 0 Å². The second-order valence-electron chi connectivity index (χ2n) is 4.32. The zero-order valence-corrected chi connectivity index (χ0v) is 11.9. The van der Waals surface area contributed by atoms with Gasteiger partial charge in [-0.3, -0.25) is 10.1 Å². The number of nitrogens with zero attached hydrogens (tertiary/aromatic N) is 1. The summed E-state index contributed by atoms with van der Waals surface area (Å²) in [6, 6.07) is 10.2. The third-order valence-corrected chi connectivity index (χ3v) is 2.76. The van der Waals surface area contributed by atoms with Crippen LogP contribution in [0.3, 0.4) is 0 Å². The molecule has 0 fully saturated rings. The molecule has 8 heteroatoms. The fraction of sp³-hybridized carbons (Fsp3) is 0.0667. The molecule has 0 amide bonds. The van der Waals surface area contributed by atoms with E-state index in [1.807, 2.05) is 0 Å². The molecule has 7 nitrogen and oxygen atoms in total. The minimum Gasteiger partial charge on any atom is -0.478 e. The Morgan fingerprint density at radius 2 is 1.61 bits per heavy atom. The molecule has 2 aromatic rings. The molecule has 120 valence electrons. The van der Waals surface area contributed by atoms with Crippen molar-refractivity contribution in [2.45, 2.75) is 6.92 Å². The lowest BCUT2D eigenvalue weighted by Crippen LogP contribution is -2.09. The largest absolute Gasteiger partial charge is 0.478 e. The van der Waals surface area contributed by atoms with Gasteiger partial charge in [0.15, 0.2) is 5.82 Å². The molecule has 0 aliphatic rings. The molecule has 0 aliphatic heterocycles. The van der Waals surface area contributed by atoms with Crippen LogP contribution in [0.25, 0.3) is 0 Å². The van der Waals surface area contributed by atoms with Crippen LogP contribution in [0.1, 0.15) is 26.3 Å². The van der Waals surface area contributed by atoms with Crippen molar-refractivity contribution in [1.82, 2.24) is 0 Å². The Balaban J connectivity index is 0.000000253. The summed E-state index contributed by atoms with van der Waals surface area (Å²) in [5, 5.41) is 27.2. The molecule has 0 spiro atoms. The lowest BCUT2D eigenvalue weighted by molar-refractivity contribution is -0.384. The molecule has 2 N–H and O–H groups in total. The maximum absolute atomic E-state index is 13.3. The van der Waals surface area contributed by atoms with E-state index in [1.54, 1.807) is 18.2 Å². The van der Waals surface area contributed by atoms with Crippen LogP contribution in [0.5, 0.6) is 0 Å². The Labute approximate surface area is 129 Å². The fourth-order valence-electron chi connectivity index (χ4n) is 1.65. The normalized spacial score (nSPS) is 9.48. The van der Waals surface area contributed by atoms with Crippen LogP contribution >= 0.6 is 0 Å². The summed E-state index contributed by atoms with van der Waals surface area (Å²) in [5.74, 6) is -4.15. The van der Waals surface area contributed by atoms with E-state index >= 15 is 0 Å². The van der Waals surface area contributed by atoms with Crippen molar-refractivity contribution < 1.29 is 29.1 Å². The third-order valence-electron chi connectivity index (χ3n) is 2.76. The van der Waals surface area contributed by atoms with Crippen molar-refractivity contribution >= 4 is 17.6 Å². The lowest BCUT2D eigenvalue weighted by atomic mass is 10.0. The quantitative estimate of drug-likeness (QED) is 0.662. The van der Waals surface area contributed by atoms with Gasteiger partial charge in [0.25, 0.3) is 5.69 Å².